The third-order valence-electron chi connectivity index (χ3n) is 4.33. The van der Waals surface area contributed by atoms with Gasteiger partial charge in [-0.3, -0.25) is 0 Å². The smallest absolute Gasteiger partial charge is 0.134 e. The lowest BCUT2D eigenvalue weighted by atomic mass is 9.87. The van der Waals surface area contributed by atoms with Gasteiger partial charge >= 0.3 is 0 Å². The first kappa shape index (κ1) is 15.1. The molecule has 20 heavy (non-hydrogen) atoms. The van der Waals surface area contributed by atoms with Gasteiger partial charge in [-0.2, -0.15) is 0 Å². The maximum atomic E-state index is 4.70. The van der Waals surface area contributed by atoms with E-state index in [0.717, 1.165) is 36.3 Å². The normalized spacial score (nSPS) is 22.6. The Hall–Kier alpha value is -1.32. The number of aryl methyl sites for hydroxylation is 1. The molecule has 1 aliphatic rings. The zero-order valence-electron chi connectivity index (χ0n) is 13.3. The van der Waals surface area contributed by atoms with Crippen molar-refractivity contribution in [2.45, 2.75) is 58.9 Å². The summed E-state index contributed by atoms with van der Waals surface area (Å²) in [6.45, 7) is 7.46. The Labute approximate surface area is 123 Å². The van der Waals surface area contributed by atoms with E-state index in [-0.39, 0.29) is 0 Å². The second-order valence-electron chi connectivity index (χ2n) is 5.94. The Morgan fingerprint density at radius 2 is 1.90 bits per heavy atom. The van der Waals surface area contributed by atoms with Gasteiger partial charge in [0, 0.05) is 32.1 Å². The van der Waals surface area contributed by atoms with Crippen LogP contribution in [0.15, 0.2) is 6.07 Å². The minimum absolute atomic E-state index is 0.625. The van der Waals surface area contributed by atoms with E-state index in [2.05, 4.69) is 49.1 Å². The van der Waals surface area contributed by atoms with Crippen LogP contribution in [0.1, 0.15) is 52.3 Å². The summed E-state index contributed by atoms with van der Waals surface area (Å²) < 4.78 is 0. The zero-order valence-corrected chi connectivity index (χ0v) is 13.3. The fraction of sp³-hybridized carbons (Fsp3) is 0.750. The van der Waals surface area contributed by atoms with Crippen LogP contribution in [0.4, 0.5) is 11.6 Å². The van der Waals surface area contributed by atoms with Crippen LogP contribution >= 0.6 is 0 Å². The van der Waals surface area contributed by atoms with Gasteiger partial charge in [0.05, 0.1) is 0 Å². The van der Waals surface area contributed by atoms with E-state index < -0.39 is 0 Å². The fourth-order valence-electron chi connectivity index (χ4n) is 2.91. The molecule has 1 N–H and O–H groups in total. The molecule has 0 unspecified atom stereocenters. The number of hydrogen-bond donors (Lipinski definition) is 1. The Morgan fingerprint density at radius 1 is 1.20 bits per heavy atom. The molecule has 1 aliphatic carbocycles. The summed E-state index contributed by atoms with van der Waals surface area (Å²) in [6, 6.07) is 2.71. The summed E-state index contributed by atoms with van der Waals surface area (Å²) in [5, 5.41) is 3.31. The number of rotatable bonds is 5. The maximum absolute atomic E-state index is 4.70. The number of aromatic nitrogens is 2. The Balaban J connectivity index is 2.15. The summed E-state index contributed by atoms with van der Waals surface area (Å²) in [5.74, 6) is 3.82. The number of nitrogens with one attached hydrogen (secondary N) is 1. The highest BCUT2D eigenvalue weighted by molar-refractivity contribution is 5.49. The number of nitrogens with zero attached hydrogens (tertiary/aromatic N) is 3. The highest BCUT2D eigenvalue weighted by Gasteiger charge is 2.23. The zero-order chi connectivity index (χ0) is 14.5. The first-order chi connectivity index (χ1) is 9.63. The van der Waals surface area contributed by atoms with E-state index in [1.54, 1.807) is 0 Å². The second-order valence-corrected chi connectivity index (χ2v) is 5.94. The SMILES string of the molecule is CCNc1cc(N(C)C2CCC(C)CC2)nc(CC)n1. The summed E-state index contributed by atoms with van der Waals surface area (Å²) in [6.07, 6.45) is 6.10. The summed E-state index contributed by atoms with van der Waals surface area (Å²) in [4.78, 5) is 11.6. The van der Waals surface area contributed by atoms with Gasteiger partial charge < -0.3 is 10.2 Å². The molecule has 0 spiro atoms. The van der Waals surface area contributed by atoms with Gasteiger partial charge in [-0.1, -0.05) is 13.8 Å². The monoisotopic (exact) mass is 276 g/mol. The molecule has 0 atom stereocenters. The largest absolute Gasteiger partial charge is 0.370 e. The van der Waals surface area contributed by atoms with E-state index >= 15 is 0 Å². The van der Waals surface area contributed by atoms with Crippen LogP contribution < -0.4 is 10.2 Å². The predicted molar refractivity (Wildman–Crippen MR) is 85.4 cm³/mol. The number of hydrogen-bond acceptors (Lipinski definition) is 4. The lowest BCUT2D eigenvalue weighted by Crippen LogP contribution is -2.35. The summed E-state index contributed by atoms with van der Waals surface area (Å²) in [7, 11) is 2.18. The van der Waals surface area contributed by atoms with Crippen molar-refractivity contribution in [3.8, 4) is 0 Å². The molecule has 0 aromatic carbocycles. The molecule has 0 amide bonds. The predicted octanol–water partition coefficient (Wildman–Crippen LogP) is 3.49. The molecule has 0 radical (unpaired) electrons. The van der Waals surface area contributed by atoms with Crippen molar-refractivity contribution in [1.29, 1.82) is 0 Å². The molecule has 0 bridgehead atoms. The molecule has 1 heterocycles. The first-order valence-corrected chi connectivity index (χ1v) is 7.98. The highest BCUT2D eigenvalue weighted by atomic mass is 15.2. The molecular formula is C16H28N4. The molecule has 112 valence electrons. The molecule has 4 nitrogen and oxygen atoms in total. The topological polar surface area (TPSA) is 41.0 Å². The van der Waals surface area contributed by atoms with Crippen LogP contribution in [0.25, 0.3) is 0 Å². The fourth-order valence-corrected chi connectivity index (χ4v) is 2.91. The van der Waals surface area contributed by atoms with Gasteiger partial charge in [0.2, 0.25) is 0 Å². The first-order valence-electron chi connectivity index (χ1n) is 7.98. The number of anilines is 2. The molecule has 1 saturated carbocycles. The van der Waals surface area contributed by atoms with Crippen molar-refractivity contribution in [2.24, 2.45) is 5.92 Å². The van der Waals surface area contributed by atoms with Gasteiger partial charge in [0.25, 0.3) is 0 Å². The van der Waals surface area contributed by atoms with Gasteiger partial charge in [-0.25, -0.2) is 9.97 Å². The summed E-state index contributed by atoms with van der Waals surface area (Å²) in [5.41, 5.74) is 0. The summed E-state index contributed by atoms with van der Waals surface area (Å²) >= 11 is 0. The van der Waals surface area contributed by atoms with E-state index in [0.29, 0.717) is 6.04 Å². The van der Waals surface area contributed by atoms with Crippen LogP contribution in [0, 0.1) is 5.92 Å². The van der Waals surface area contributed by atoms with E-state index in [9.17, 15) is 0 Å². The average Bonchev–Trinajstić information content (AvgIpc) is 2.47. The van der Waals surface area contributed by atoms with Crippen molar-refractivity contribution >= 4 is 11.6 Å². The second kappa shape index (κ2) is 6.91. The molecule has 4 heteroatoms. The van der Waals surface area contributed by atoms with Crippen molar-refractivity contribution in [3.05, 3.63) is 11.9 Å². The molecule has 1 aromatic heterocycles. The van der Waals surface area contributed by atoms with Gasteiger partial charge in [-0.05, 0) is 38.5 Å². The lowest BCUT2D eigenvalue weighted by Gasteiger charge is -2.34. The van der Waals surface area contributed by atoms with Crippen LogP contribution in [0.3, 0.4) is 0 Å². The van der Waals surface area contributed by atoms with Crippen molar-refractivity contribution in [1.82, 2.24) is 9.97 Å². The minimum Gasteiger partial charge on any atom is -0.370 e. The minimum atomic E-state index is 0.625. The Kier molecular flexibility index (Phi) is 5.21. The standard InChI is InChI=1S/C16H28N4/c1-5-14-18-15(17-6-2)11-16(19-14)20(4)13-9-7-12(3)8-10-13/h11-13H,5-10H2,1-4H3,(H,17,18,19). The van der Waals surface area contributed by atoms with Crippen molar-refractivity contribution in [2.75, 3.05) is 23.8 Å². The van der Waals surface area contributed by atoms with Crippen LogP contribution in [0.2, 0.25) is 0 Å². The van der Waals surface area contributed by atoms with Crippen molar-refractivity contribution < 1.29 is 0 Å². The highest BCUT2D eigenvalue weighted by Crippen LogP contribution is 2.29. The van der Waals surface area contributed by atoms with Crippen LogP contribution in [-0.2, 0) is 6.42 Å². The van der Waals surface area contributed by atoms with E-state index in [4.69, 9.17) is 4.98 Å². The molecule has 0 aliphatic heterocycles. The Morgan fingerprint density at radius 3 is 2.50 bits per heavy atom. The van der Waals surface area contributed by atoms with Crippen molar-refractivity contribution in [3.63, 3.8) is 0 Å². The van der Waals surface area contributed by atoms with Gasteiger partial charge in [-0.15, -0.1) is 0 Å². The molecule has 1 fully saturated rings. The molecule has 2 rings (SSSR count). The van der Waals surface area contributed by atoms with Gasteiger partial charge in [0.15, 0.2) is 0 Å². The van der Waals surface area contributed by atoms with E-state index in [1.165, 1.54) is 25.7 Å². The molecule has 0 saturated heterocycles. The van der Waals surface area contributed by atoms with Crippen LogP contribution in [-0.4, -0.2) is 29.6 Å². The lowest BCUT2D eigenvalue weighted by molar-refractivity contribution is 0.340. The average molecular weight is 276 g/mol. The third-order valence-corrected chi connectivity index (χ3v) is 4.33. The van der Waals surface area contributed by atoms with Gasteiger partial charge in [0.1, 0.15) is 17.5 Å². The van der Waals surface area contributed by atoms with Crippen LogP contribution in [0.5, 0.6) is 0 Å². The maximum Gasteiger partial charge on any atom is 0.134 e. The molecular weight excluding hydrogens is 248 g/mol. The third kappa shape index (κ3) is 3.62. The van der Waals surface area contributed by atoms with E-state index in [1.807, 2.05) is 0 Å². The quantitative estimate of drug-likeness (QED) is 0.894. The molecule has 1 aromatic rings. The Bertz CT molecular complexity index is 424.